The molecule has 0 radical (unpaired) electrons. The largest absolute Gasteiger partial charge is 0.462 e. The van der Waals surface area contributed by atoms with Gasteiger partial charge in [-0.05, 0) is 51.1 Å². The summed E-state index contributed by atoms with van der Waals surface area (Å²) in [6.45, 7) is 6.06. The van der Waals surface area contributed by atoms with Crippen molar-refractivity contribution in [2.75, 3.05) is 6.61 Å². The fourth-order valence-electron chi connectivity index (χ4n) is 2.34. The van der Waals surface area contributed by atoms with Crippen LogP contribution in [0.15, 0.2) is 35.5 Å². The van der Waals surface area contributed by atoms with E-state index in [-0.39, 0.29) is 5.97 Å². The number of ether oxygens (including phenoxy) is 1. The van der Waals surface area contributed by atoms with Crippen LogP contribution >= 0.6 is 0 Å². The second-order valence-corrected chi connectivity index (χ2v) is 4.67. The maximum Gasteiger partial charge on any atom is 0.338 e. The molecule has 1 N–H and O–H groups in total. The smallest absolute Gasteiger partial charge is 0.338 e. The zero-order valence-electron chi connectivity index (χ0n) is 12.3. The molecular formula is C16H18N2O3. The van der Waals surface area contributed by atoms with Crippen LogP contribution in [0.5, 0.6) is 0 Å². The molecule has 0 aliphatic carbocycles. The van der Waals surface area contributed by atoms with Crippen LogP contribution in [0.1, 0.15) is 34.2 Å². The summed E-state index contributed by atoms with van der Waals surface area (Å²) >= 11 is 0. The normalized spacial score (nSPS) is 11.0. The minimum Gasteiger partial charge on any atom is -0.462 e. The molecule has 1 aromatic heterocycles. The molecule has 0 saturated heterocycles. The molecule has 21 heavy (non-hydrogen) atoms. The number of rotatable bonds is 4. The van der Waals surface area contributed by atoms with Gasteiger partial charge in [-0.2, -0.15) is 0 Å². The molecule has 0 fully saturated rings. The highest BCUT2D eigenvalue weighted by atomic mass is 16.5. The van der Waals surface area contributed by atoms with E-state index in [4.69, 9.17) is 9.94 Å². The van der Waals surface area contributed by atoms with E-state index in [0.717, 1.165) is 22.6 Å². The quantitative estimate of drug-likeness (QED) is 0.406. The molecule has 0 spiro atoms. The molecule has 110 valence electrons. The van der Waals surface area contributed by atoms with E-state index in [2.05, 4.69) is 5.16 Å². The van der Waals surface area contributed by atoms with E-state index in [1.807, 2.05) is 36.6 Å². The van der Waals surface area contributed by atoms with Crippen LogP contribution in [-0.2, 0) is 4.74 Å². The molecule has 0 aliphatic rings. The number of hydrogen-bond donors (Lipinski definition) is 1. The molecule has 0 amide bonds. The van der Waals surface area contributed by atoms with Gasteiger partial charge in [0.25, 0.3) is 0 Å². The summed E-state index contributed by atoms with van der Waals surface area (Å²) in [6.07, 6.45) is 1.41. The number of aromatic nitrogens is 1. The SMILES string of the molecule is CCOC(=O)c1ccc(-n2c(C)cc(/C=N/O)c2C)cc1. The third-order valence-corrected chi connectivity index (χ3v) is 3.30. The molecule has 0 bridgehead atoms. The lowest BCUT2D eigenvalue weighted by Crippen LogP contribution is -2.05. The van der Waals surface area contributed by atoms with Gasteiger partial charge in [0.2, 0.25) is 0 Å². The number of hydrogen-bond acceptors (Lipinski definition) is 4. The first-order valence-corrected chi connectivity index (χ1v) is 6.72. The Morgan fingerprint density at radius 1 is 1.33 bits per heavy atom. The van der Waals surface area contributed by atoms with Gasteiger partial charge in [0, 0.05) is 22.6 Å². The minimum atomic E-state index is -0.321. The molecule has 2 aromatic rings. The minimum absolute atomic E-state index is 0.321. The summed E-state index contributed by atoms with van der Waals surface area (Å²) in [7, 11) is 0. The van der Waals surface area contributed by atoms with Gasteiger partial charge in [0.1, 0.15) is 0 Å². The molecule has 1 aromatic carbocycles. The highest BCUT2D eigenvalue weighted by Crippen LogP contribution is 2.20. The van der Waals surface area contributed by atoms with Crippen molar-refractivity contribution in [2.45, 2.75) is 20.8 Å². The lowest BCUT2D eigenvalue weighted by Gasteiger charge is -2.10. The number of carbonyl (C=O) groups excluding carboxylic acids is 1. The number of esters is 1. The fraction of sp³-hybridized carbons (Fsp3) is 0.250. The third-order valence-electron chi connectivity index (χ3n) is 3.30. The van der Waals surface area contributed by atoms with Crippen LogP contribution in [0.4, 0.5) is 0 Å². The Hall–Kier alpha value is -2.56. The first kappa shape index (κ1) is 14.8. The second kappa shape index (κ2) is 6.26. The van der Waals surface area contributed by atoms with Crippen molar-refractivity contribution < 1.29 is 14.7 Å². The Kier molecular flexibility index (Phi) is 4.42. The standard InChI is InChI=1S/C16H18N2O3/c1-4-21-16(19)13-5-7-15(8-6-13)18-11(2)9-14(10-17-20)12(18)3/h5-10,20H,4H2,1-3H3/b17-10+. The monoisotopic (exact) mass is 286 g/mol. The topological polar surface area (TPSA) is 63.8 Å². The number of carbonyl (C=O) groups is 1. The Morgan fingerprint density at radius 3 is 2.57 bits per heavy atom. The molecule has 2 rings (SSSR count). The van der Waals surface area contributed by atoms with E-state index in [0.29, 0.717) is 12.2 Å². The molecule has 0 saturated carbocycles. The highest BCUT2D eigenvalue weighted by molar-refractivity contribution is 5.89. The number of benzene rings is 1. The maximum absolute atomic E-state index is 11.6. The van der Waals surface area contributed by atoms with Gasteiger partial charge in [-0.1, -0.05) is 5.16 Å². The number of oxime groups is 1. The van der Waals surface area contributed by atoms with Crippen molar-refractivity contribution in [3.63, 3.8) is 0 Å². The van der Waals surface area contributed by atoms with Crippen molar-refractivity contribution >= 4 is 12.2 Å². The van der Waals surface area contributed by atoms with Gasteiger partial charge in [0.15, 0.2) is 0 Å². The van der Waals surface area contributed by atoms with Gasteiger partial charge in [0.05, 0.1) is 18.4 Å². The third kappa shape index (κ3) is 2.97. The zero-order valence-corrected chi connectivity index (χ0v) is 12.3. The van der Waals surface area contributed by atoms with E-state index in [1.54, 1.807) is 19.1 Å². The Bertz CT molecular complexity index is 670. The van der Waals surface area contributed by atoms with Crippen LogP contribution in [0.3, 0.4) is 0 Å². The molecule has 1 heterocycles. The number of nitrogens with zero attached hydrogens (tertiary/aromatic N) is 2. The van der Waals surface area contributed by atoms with Crippen LogP contribution < -0.4 is 0 Å². The Balaban J connectivity index is 2.37. The molecule has 0 atom stereocenters. The Morgan fingerprint density at radius 2 is 2.00 bits per heavy atom. The van der Waals surface area contributed by atoms with Crippen molar-refractivity contribution in [2.24, 2.45) is 5.16 Å². The first-order valence-electron chi connectivity index (χ1n) is 6.72. The van der Waals surface area contributed by atoms with Gasteiger partial charge >= 0.3 is 5.97 Å². The predicted molar refractivity (Wildman–Crippen MR) is 80.6 cm³/mol. The van der Waals surface area contributed by atoms with Gasteiger partial charge in [-0.25, -0.2) is 4.79 Å². The average Bonchev–Trinajstić information content (AvgIpc) is 2.74. The maximum atomic E-state index is 11.6. The van der Waals surface area contributed by atoms with E-state index < -0.39 is 0 Å². The van der Waals surface area contributed by atoms with Crippen LogP contribution in [0.2, 0.25) is 0 Å². The van der Waals surface area contributed by atoms with Gasteiger partial charge < -0.3 is 14.5 Å². The summed E-state index contributed by atoms with van der Waals surface area (Å²) in [4.78, 5) is 11.6. The van der Waals surface area contributed by atoms with E-state index in [1.165, 1.54) is 6.21 Å². The van der Waals surface area contributed by atoms with Gasteiger partial charge in [-0.15, -0.1) is 0 Å². The van der Waals surface area contributed by atoms with Crippen molar-refractivity contribution in [1.29, 1.82) is 0 Å². The first-order chi connectivity index (χ1) is 10.1. The molecule has 0 unspecified atom stereocenters. The van der Waals surface area contributed by atoms with Crippen LogP contribution in [0, 0.1) is 13.8 Å². The summed E-state index contributed by atoms with van der Waals surface area (Å²) < 4.78 is 7.00. The van der Waals surface area contributed by atoms with Gasteiger partial charge in [-0.3, -0.25) is 0 Å². The summed E-state index contributed by atoms with van der Waals surface area (Å²) in [6, 6.07) is 9.16. The summed E-state index contributed by atoms with van der Waals surface area (Å²) in [5.74, 6) is -0.321. The van der Waals surface area contributed by atoms with Crippen molar-refractivity contribution in [3.8, 4) is 5.69 Å². The van der Waals surface area contributed by atoms with Crippen molar-refractivity contribution in [3.05, 3.63) is 52.8 Å². The lowest BCUT2D eigenvalue weighted by atomic mass is 10.2. The predicted octanol–water partition coefficient (Wildman–Crippen LogP) is 3.08. The highest BCUT2D eigenvalue weighted by Gasteiger charge is 2.11. The van der Waals surface area contributed by atoms with E-state index >= 15 is 0 Å². The lowest BCUT2D eigenvalue weighted by molar-refractivity contribution is 0.0526. The number of aryl methyl sites for hydroxylation is 1. The summed E-state index contributed by atoms with van der Waals surface area (Å²) in [5, 5.41) is 11.7. The zero-order chi connectivity index (χ0) is 15.4. The average molecular weight is 286 g/mol. The Labute approximate surface area is 123 Å². The molecule has 5 heteroatoms. The van der Waals surface area contributed by atoms with Crippen LogP contribution in [0.25, 0.3) is 5.69 Å². The fourth-order valence-corrected chi connectivity index (χ4v) is 2.34. The summed E-state index contributed by atoms with van der Waals surface area (Å²) in [5.41, 5.74) is 4.31. The van der Waals surface area contributed by atoms with E-state index in [9.17, 15) is 4.79 Å². The second-order valence-electron chi connectivity index (χ2n) is 4.67. The van der Waals surface area contributed by atoms with Crippen LogP contribution in [-0.4, -0.2) is 28.6 Å². The molecule has 0 aliphatic heterocycles. The van der Waals surface area contributed by atoms with Crippen molar-refractivity contribution in [1.82, 2.24) is 4.57 Å². The molecule has 5 nitrogen and oxygen atoms in total. The molecular weight excluding hydrogens is 268 g/mol.